The third kappa shape index (κ3) is 7.46. The van der Waals surface area contributed by atoms with E-state index >= 15 is 0 Å². The standard InChI is InChI=1S/C18H23O5P.C4H10/c1-18(2,3)16-10-12(8-9-13(19)11-23-24(21)22)14-6-4-5-7-15(14)17(16)20;1-3-4-2/h8-10H,4-7,11H2,1-3H3,(H-,19,20,21,22);3-4H2,1-2H3/p+1. The molecule has 6 heteroatoms. The molecule has 0 spiro atoms. The molecule has 1 aromatic rings. The minimum Gasteiger partial charge on any atom is -0.507 e. The number of aromatic hydroxyl groups is 1. The molecule has 5 nitrogen and oxygen atoms in total. The fraction of sp³-hybridized carbons (Fsp3) is 0.591. The Hall–Kier alpha value is -1.55. The number of phenolic OH excluding ortho intramolecular Hbond substituents is 1. The van der Waals surface area contributed by atoms with Gasteiger partial charge in [-0.05, 0) is 59.9 Å². The van der Waals surface area contributed by atoms with Crippen LogP contribution in [0.3, 0.4) is 0 Å². The van der Waals surface area contributed by atoms with Gasteiger partial charge >= 0.3 is 8.25 Å². The van der Waals surface area contributed by atoms with Crippen molar-refractivity contribution in [2.75, 3.05) is 6.61 Å². The monoisotopic (exact) mass is 409 g/mol. The lowest BCUT2D eigenvalue weighted by molar-refractivity contribution is -0.116. The molecule has 0 aliphatic heterocycles. The first kappa shape index (κ1) is 24.5. The molecule has 0 bridgehead atoms. The Morgan fingerprint density at radius 1 is 1.18 bits per heavy atom. The van der Waals surface area contributed by atoms with Gasteiger partial charge in [-0.25, -0.2) is 0 Å². The first-order chi connectivity index (χ1) is 13.1. The topological polar surface area (TPSA) is 83.8 Å². The molecule has 0 radical (unpaired) electrons. The normalized spacial score (nSPS) is 14.3. The number of fused-ring (bicyclic) bond motifs is 1. The molecule has 2 rings (SSSR count). The van der Waals surface area contributed by atoms with Crippen molar-refractivity contribution in [1.82, 2.24) is 0 Å². The summed E-state index contributed by atoms with van der Waals surface area (Å²) in [7, 11) is -2.77. The lowest BCUT2D eigenvalue weighted by atomic mass is 9.79. The van der Waals surface area contributed by atoms with Crippen molar-refractivity contribution in [3.63, 3.8) is 0 Å². The van der Waals surface area contributed by atoms with Crippen molar-refractivity contribution in [3.8, 4) is 5.75 Å². The van der Waals surface area contributed by atoms with Crippen LogP contribution in [0.1, 0.15) is 82.6 Å². The maximum absolute atomic E-state index is 11.7. The summed E-state index contributed by atoms with van der Waals surface area (Å²) in [5.74, 6) is 0.00336. The second-order valence-corrected chi connectivity index (χ2v) is 8.82. The minimum atomic E-state index is -2.77. The zero-order valence-corrected chi connectivity index (χ0v) is 18.6. The van der Waals surface area contributed by atoms with Crippen LogP contribution in [0.25, 0.3) is 6.08 Å². The van der Waals surface area contributed by atoms with E-state index in [1.807, 2.05) is 26.8 Å². The van der Waals surface area contributed by atoms with E-state index in [-0.39, 0.29) is 11.2 Å². The summed E-state index contributed by atoms with van der Waals surface area (Å²) in [4.78, 5) is 20.3. The molecular weight excluding hydrogens is 375 g/mol. The van der Waals surface area contributed by atoms with Gasteiger partial charge in [0.25, 0.3) is 0 Å². The summed E-state index contributed by atoms with van der Waals surface area (Å²) in [6, 6.07) is 1.94. The van der Waals surface area contributed by atoms with E-state index in [0.29, 0.717) is 5.75 Å². The van der Waals surface area contributed by atoms with Crippen LogP contribution in [0.2, 0.25) is 0 Å². The second-order valence-electron chi connectivity index (χ2n) is 8.09. The van der Waals surface area contributed by atoms with Crippen molar-refractivity contribution < 1.29 is 23.9 Å². The third-order valence-corrected chi connectivity index (χ3v) is 5.08. The number of ketones is 1. The molecular formula is C22H34O5P+. The van der Waals surface area contributed by atoms with Gasteiger partial charge in [0.05, 0.1) is 0 Å². The van der Waals surface area contributed by atoms with Gasteiger partial charge in [-0.15, -0.1) is 9.42 Å². The Bertz CT molecular complexity index is 715. The van der Waals surface area contributed by atoms with Crippen molar-refractivity contribution >= 4 is 20.1 Å². The van der Waals surface area contributed by atoms with Crippen LogP contribution in [0, 0.1) is 0 Å². The van der Waals surface area contributed by atoms with Gasteiger partial charge in [-0.3, -0.25) is 4.79 Å². The molecule has 1 aliphatic carbocycles. The smallest absolute Gasteiger partial charge is 0.507 e. The van der Waals surface area contributed by atoms with E-state index < -0.39 is 14.9 Å². The van der Waals surface area contributed by atoms with Gasteiger partial charge in [-0.2, -0.15) is 0 Å². The number of phenols is 1. The first-order valence-electron chi connectivity index (χ1n) is 9.99. The molecule has 2 N–H and O–H groups in total. The summed E-state index contributed by atoms with van der Waals surface area (Å²) >= 11 is 0. The van der Waals surface area contributed by atoms with Crippen LogP contribution in [0.4, 0.5) is 0 Å². The second kappa shape index (κ2) is 11.5. The van der Waals surface area contributed by atoms with Gasteiger partial charge in [0.15, 0.2) is 12.4 Å². The molecule has 1 aliphatic rings. The molecule has 0 amide bonds. The molecule has 0 saturated heterocycles. The van der Waals surface area contributed by atoms with Gasteiger partial charge < -0.3 is 5.11 Å². The third-order valence-electron chi connectivity index (χ3n) is 4.73. The molecule has 1 aromatic carbocycles. The largest absolute Gasteiger partial charge is 0.695 e. The van der Waals surface area contributed by atoms with E-state index in [1.54, 1.807) is 6.08 Å². The maximum Gasteiger partial charge on any atom is 0.695 e. The highest BCUT2D eigenvalue weighted by atomic mass is 31.1. The Labute approximate surface area is 169 Å². The van der Waals surface area contributed by atoms with E-state index in [9.17, 15) is 14.5 Å². The fourth-order valence-electron chi connectivity index (χ4n) is 3.03. The lowest BCUT2D eigenvalue weighted by Gasteiger charge is -2.27. The SMILES string of the molecule is CC(C)(C)c1cc(/C=C/C(=O)CO[P+](=O)O)c2c(c1O)CCCC2.CCCC. The summed E-state index contributed by atoms with van der Waals surface area (Å²) in [6.07, 6.45) is 9.55. The molecule has 156 valence electrons. The van der Waals surface area contributed by atoms with Gasteiger partial charge in [-0.1, -0.05) is 53.5 Å². The number of carbonyl (C=O) groups is 1. The van der Waals surface area contributed by atoms with Crippen LogP contribution in [-0.2, 0) is 32.1 Å². The van der Waals surface area contributed by atoms with Crippen LogP contribution in [0.5, 0.6) is 5.75 Å². The summed E-state index contributed by atoms with van der Waals surface area (Å²) in [5, 5.41) is 10.6. The van der Waals surface area contributed by atoms with E-state index in [0.717, 1.165) is 47.9 Å². The Morgan fingerprint density at radius 2 is 1.75 bits per heavy atom. The van der Waals surface area contributed by atoms with Crippen LogP contribution in [0.15, 0.2) is 12.1 Å². The predicted molar refractivity (Wildman–Crippen MR) is 114 cm³/mol. The molecule has 0 aromatic heterocycles. The Morgan fingerprint density at radius 3 is 2.25 bits per heavy atom. The quantitative estimate of drug-likeness (QED) is 0.470. The number of hydrogen-bond acceptors (Lipinski definition) is 4. The summed E-state index contributed by atoms with van der Waals surface area (Å²) < 4.78 is 14.9. The molecule has 1 atom stereocenters. The average Bonchev–Trinajstić information content (AvgIpc) is 2.65. The first-order valence-corrected chi connectivity index (χ1v) is 11.1. The van der Waals surface area contributed by atoms with Crippen molar-refractivity contribution in [2.45, 2.75) is 78.6 Å². The fourth-order valence-corrected chi connectivity index (χ4v) is 3.27. The zero-order chi connectivity index (χ0) is 21.3. The minimum absolute atomic E-state index is 0.207. The summed E-state index contributed by atoms with van der Waals surface area (Å²) in [5.41, 5.74) is 3.65. The average molecular weight is 409 g/mol. The van der Waals surface area contributed by atoms with E-state index in [2.05, 4.69) is 18.4 Å². The highest BCUT2D eigenvalue weighted by Crippen LogP contribution is 2.40. The van der Waals surface area contributed by atoms with Crippen LogP contribution < -0.4 is 0 Å². The van der Waals surface area contributed by atoms with E-state index in [4.69, 9.17) is 4.89 Å². The van der Waals surface area contributed by atoms with Crippen LogP contribution in [-0.4, -0.2) is 22.4 Å². The zero-order valence-electron chi connectivity index (χ0n) is 17.7. The number of hydrogen-bond donors (Lipinski definition) is 2. The van der Waals surface area contributed by atoms with Gasteiger partial charge in [0, 0.05) is 10.1 Å². The predicted octanol–water partition coefficient (Wildman–Crippen LogP) is 5.62. The molecule has 0 heterocycles. The highest BCUT2D eigenvalue weighted by molar-refractivity contribution is 7.32. The van der Waals surface area contributed by atoms with E-state index in [1.165, 1.54) is 18.9 Å². The van der Waals surface area contributed by atoms with Crippen molar-refractivity contribution in [1.29, 1.82) is 0 Å². The Balaban J connectivity index is 0.000000892. The summed E-state index contributed by atoms with van der Waals surface area (Å²) in [6.45, 7) is 10.1. The van der Waals surface area contributed by atoms with Gasteiger partial charge in [0.2, 0.25) is 0 Å². The van der Waals surface area contributed by atoms with Gasteiger partial charge in [0.1, 0.15) is 5.75 Å². The molecule has 0 saturated carbocycles. The number of unbranched alkanes of at least 4 members (excludes halogenated alkanes) is 1. The maximum atomic E-state index is 11.7. The highest BCUT2D eigenvalue weighted by Gasteiger charge is 2.25. The number of carbonyl (C=O) groups excluding carboxylic acids is 1. The lowest BCUT2D eigenvalue weighted by Crippen LogP contribution is -2.15. The molecule has 1 unspecified atom stereocenters. The number of rotatable bonds is 6. The number of benzene rings is 1. The van der Waals surface area contributed by atoms with Crippen molar-refractivity contribution in [3.05, 3.63) is 34.4 Å². The van der Waals surface area contributed by atoms with Crippen LogP contribution >= 0.6 is 8.25 Å². The van der Waals surface area contributed by atoms with Crippen molar-refractivity contribution in [2.24, 2.45) is 0 Å². The molecule has 28 heavy (non-hydrogen) atoms. The Kier molecular flexibility index (Phi) is 10.0. The molecule has 0 fully saturated rings.